The number of carbonyl (C=O) groups is 1. The standard InChI is InChI=1S/C12H18N6OS/c1-7(2)15-11(19)9-10(13)17-20-12(9)14-6-8-4-5-18(3)16-8/h4-5,7,14H,6H2,1-3H3,(H2,13,17)(H,15,19). The predicted molar refractivity (Wildman–Crippen MR) is 79.7 cm³/mol. The third kappa shape index (κ3) is 3.27. The Labute approximate surface area is 121 Å². The van der Waals surface area contributed by atoms with Crippen LogP contribution in [0.25, 0.3) is 0 Å². The van der Waals surface area contributed by atoms with Crippen molar-refractivity contribution in [2.24, 2.45) is 7.05 Å². The van der Waals surface area contributed by atoms with Crippen LogP contribution in [0.15, 0.2) is 12.3 Å². The summed E-state index contributed by atoms with van der Waals surface area (Å²) in [6.07, 6.45) is 1.87. The van der Waals surface area contributed by atoms with Crippen molar-refractivity contribution in [1.82, 2.24) is 19.5 Å². The normalized spacial score (nSPS) is 10.8. The van der Waals surface area contributed by atoms with Crippen LogP contribution in [0.3, 0.4) is 0 Å². The number of carbonyl (C=O) groups excluding carboxylic acids is 1. The van der Waals surface area contributed by atoms with E-state index in [0.29, 0.717) is 17.1 Å². The number of aryl methyl sites for hydroxylation is 1. The number of anilines is 2. The maximum absolute atomic E-state index is 12.1. The molecule has 0 fully saturated rings. The van der Waals surface area contributed by atoms with E-state index in [-0.39, 0.29) is 17.8 Å². The number of aromatic nitrogens is 3. The summed E-state index contributed by atoms with van der Waals surface area (Å²) in [5.74, 6) is 0.0337. The van der Waals surface area contributed by atoms with Gasteiger partial charge in [-0.1, -0.05) is 0 Å². The van der Waals surface area contributed by atoms with E-state index in [1.54, 1.807) is 4.68 Å². The molecular weight excluding hydrogens is 276 g/mol. The molecule has 1 amide bonds. The number of hydrogen-bond acceptors (Lipinski definition) is 6. The topological polar surface area (TPSA) is 97.9 Å². The number of amides is 1. The molecule has 2 heterocycles. The van der Waals surface area contributed by atoms with Crippen LogP contribution in [0, 0.1) is 0 Å². The minimum Gasteiger partial charge on any atom is -0.382 e. The molecule has 0 radical (unpaired) electrons. The first-order chi connectivity index (χ1) is 9.47. The molecule has 2 rings (SSSR count). The summed E-state index contributed by atoms with van der Waals surface area (Å²) in [5.41, 5.74) is 7.06. The van der Waals surface area contributed by atoms with Crippen molar-refractivity contribution in [3.8, 4) is 0 Å². The van der Waals surface area contributed by atoms with Gasteiger partial charge in [0, 0.05) is 19.3 Å². The lowest BCUT2D eigenvalue weighted by molar-refractivity contribution is 0.0945. The molecule has 7 nitrogen and oxygen atoms in total. The highest BCUT2D eigenvalue weighted by Crippen LogP contribution is 2.27. The summed E-state index contributed by atoms with van der Waals surface area (Å²) in [6, 6.07) is 1.95. The molecule has 0 saturated heterocycles. The van der Waals surface area contributed by atoms with Gasteiger partial charge in [-0.25, -0.2) is 0 Å². The Bertz CT molecular complexity index is 603. The van der Waals surface area contributed by atoms with E-state index in [2.05, 4.69) is 20.1 Å². The van der Waals surface area contributed by atoms with Crippen molar-refractivity contribution >= 4 is 28.3 Å². The predicted octanol–water partition coefficient (Wildman–Crippen LogP) is 1.21. The van der Waals surface area contributed by atoms with Crippen LogP contribution >= 0.6 is 11.5 Å². The molecule has 2 aromatic heterocycles. The fraction of sp³-hybridized carbons (Fsp3) is 0.417. The van der Waals surface area contributed by atoms with Gasteiger partial charge in [-0.05, 0) is 31.4 Å². The Balaban J connectivity index is 2.10. The van der Waals surface area contributed by atoms with Gasteiger partial charge in [0.2, 0.25) is 0 Å². The summed E-state index contributed by atoms with van der Waals surface area (Å²) in [7, 11) is 1.86. The van der Waals surface area contributed by atoms with E-state index in [4.69, 9.17) is 5.73 Å². The van der Waals surface area contributed by atoms with Crippen LogP contribution in [-0.2, 0) is 13.6 Å². The second-order valence-corrected chi connectivity index (χ2v) is 5.51. The molecule has 2 aromatic rings. The van der Waals surface area contributed by atoms with Crippen LogP contribution in [-0.4, -0.2) is 26.1 Å². The summed E-state index contributed by atoms with van der Waals surface area (Å²) in [5, 5.41) is 10.9. The quantitative estimate of drug-likeness (QED) is 0.770. The first-order valence-corrected chi connectivity index (χ1v) is 7.03. The molecule has 0 saturated carbocycles. The van der Waals surface area contributed by atoms with Gasteiger partial charge in [0.05, 0.1) is 12.2 Å². The lowest BCUT2D eigenvalue weighted by Gasteiger charge is -2.09. The zero-order valence-electron chi connectivity index (χ0n) is 11.7. The number of nitrogens with zero attached hydrogens (tertiary/aromatic N) is 3. The minimum absolute atomic E-state index is 0.0467. The van der Waals surface area contributed by atoms with Crippen molar-refractivity contribution in [3.63, 3.8) is 0 Å². The zero-order valence-corrected chi connectivity index (χ0v) is 12.5. The summed E-state index contributed by atoms with van der Waals surface area (Å²) < 4.78 is 5.76. The molecule has 8 heteroatoms. The lowest BCUT2D eigenvalue weighted by atomic mass is 10.2. The van der Waals surface area contributed by atoms with E-state index in [1.165, 1.54) is 11.5 Å². The Kier molecular flexibility index (Phi) is 4.23. The van der Waals surface area contributed by atoms with Gasteiger partial charge in [-0.2, -0.15) is 9.47 Å². The summed E-state index contributed by atoms with van der Waals surface area (Å²) >= 11 is 1.18. The highest BCUT2D eigenvalue weighted by molar-refractivity contribution is 7.11. The van der Waals surface area contributed by atoms with Crippen LogP contribution in [0.1, 0.15) is 29.9 Å². The van der Waals surface area contributed by atoms with Gasteiger partial charge in [0.15, 0.2) is 5.82 Å². The van der Waals surface area contributed by atoms with Crippen LogP contribution in [0.2, 0.25) is 0 Å². The molecule has 108 valence electrons. The molecular formula is C12H18N6OS. The lowest BCUT2D eigenvalue weighted by Crippen LogP contribution is -2.30. The summed E-state index contributed by atoms with van der Waals surface area (Å²) in [6.45, 7) is 4.31. The fourth-order valence-electron chi connectivity index (χ4n) is 1.71. The van der Waals surface area contributed by atoms with Crippen molar-refractivity contribution in [2.75, 3.05) is 11.1 Å². The Morgan fingerprint density at radius 2 is 2.30 bits per heavy atom. The Morgan fingerprint density at radius 1 is 1.55 bits per heavy atom. The molecule has 0 aliphatic heterocycles. The van der Waals surface area contributed by atoms with Gasteiger partial charge < -0.3 is 16.4 Å². The number of rotatable bonds is 5. The molecule has 0 unspecified atom stereocenters. The maximum atomic E-state index is 12.1. The SMILES string of the molecule is CC(C)NC(=O)c1c(N)nsc1NCc1ccn(C)n1. The number of nitrogens with two attached hydrogens (primary N) is 1. The third-order valence-corrected chi connectivity index (χ3v) is 3.38. The van der Waals surface area contributed by atoms with E-state index >= 15 is 0 Å². The van der Waals surface area contributed by atoms with E-state index in [1.807, 2.05) is 33.2 Å². The van der Waals surface area contributed by atoms with Crippen molar-refractivity contribution in [2.45, 2.75) is 26.4 Å². The van der Waals surface area contributed by atoms with E-state index in [9.17, 15) is 4.79 Å². The molecule has 20 heavy (non-hydrogen) atoms. The first-order valence-electron chi connectivity index (χ1n) is 6.25. The molecule has 0 atom stereocenters. The van der Waals surface area contributed by atoms with Crippen molar-refractivity contribution in [3.05, 3.63) is 23.5 Å². The molecule has 0 spiro atoms. The van der Waals surface area contributed by atoms with E-state index < -0.39 is 0 Å². The molecule has 0 aromatic carbocycles. The van der Waals surface area contributed by atoms with Crippen LogP contribution in [0.4, 0.5) is 10.8 Å². The van der Waals surface area contributed by atoms with Crippen molar-refractivity contribution < 1.29 is 4.79 Å². The van der Waals surface area contributed by atoms with Crippen molar-refractivity contribution in [1.29, 1.82) is 0 Å². The monoisotopic (exact) mass is 294 g/mol. The van der Waals surface area contributed by atoms with Gasteiger partial charge in [0.1, 0.15) is 10.6 Å². The summed E-state index contributed by atoms with van der Waals surface area (Å²) in [4.78, 5) is 12.1. The Hall–Kier alpha value is -2.09. The van der Waals surface area contributed by atoms with E-state index in [0.717, 1.165) is 5.69 Å². The molecule has 0 aliphatic carbocycles. The van der Waals surface area contributed by atoms with Gasteiger partial charge >= 0.3 is 0 Å². The molecule has 4 N–H and O–H groups in total. The van der Waals surface area contributed by atoms with Gasteiger partial charge in [-0.3, -0.25) is 9.48 Å². The number of nitrogen functional groups attached to an aromatic ring is 1. The Morgan fingerprint density at radius 3 is 2.90 bits per heavy atom. The van der Waals surface area contributed by atoms with Crippen LogP contribution in [0.5, 0.6) is 0 Å². The smallest absolute Gasteiger partial charge is 0.258 e. The fourth-order valence-corrected chi connectivity index (χ4v) is 2.41. The zero-order chi connectivity index (χ0) is 14.7. The first kappa shape index (κ1) is 14.3. The number of nitrogens with one attached hydrogen (secondary N) is 2. The average Bonchev–Trinajstić information content (AvgIpc) is 2.92. The third-order valence-electron chi connectivity index (χ3n) is 2.56. The van der Waals surface area contributed by atoms with Crippen LogP contribution < -0.4 is 16.4 Å². The van der Waals surface area contributed by atoms with Gasteiger partial charge in [-0.15, -0.1) is 0 Å². The minimum atomic E-state index is -0.213. The highest BCUT2D eigenvalue weighted by atomic mass is 32.1. The second-order valence-electron chi connectivity index (χ2n) is 4.73. The number of hydrogen-bond donors (Lipinski definition) is 3. The average molecular weight is 294 g/mol. The largest absolute Gasteiger partial charge is 0.382 e. The highest BCUT2D eigenvalue weighted by Gasteiger charge is 2.19. The maximum Gasteiger partial charge on any atom is 0.258 e. The molecule has 0 aliphatic rings. The molecule has 0 bridgehead atoms. The van der Waals surface area contributed by atoms with Gasteiger partial charge in [0.25, 0.3) is 5.91 Å². The second kappa shape index (κ2) is 5.91.